The maximum absolute atomic E-state index is 14.1. The SMILES string of the molecule is COc1cc(N2CCNCC2)ccc1[C@@H]1c2ccc(O)cc2CC[C@@H]1c1cccc(F)c1. The van der Waals surface area contributed by atoms with Crippen molar-refractivity contribution < 1.29 is 14.2 Å². The highest BCUT2D eigenvalue weighted by molar-refractivity contribution is 5.58. The minimum absolute atomic E-state index is 0.0215. The van der Waals surface area contributed by atoms with Crippen molar-refractivity contribution in [2.45, 2.75) is 24.7 Å². The van der Waals surface area contributed by atoms with Gasteiger partial charge in [-0.05, 0) is 65.8 Å². The molecule has 5 heteroatoms. The molecule has 0 unspecified atom stereocenters. The second kappa shape index (κ2) is 8.83. The Bertz CT molecular complexity index is 1110. The molecule has 0 aromatic heterocycles. The molecule has 0 bridgehead atoms. The maximum atomic E-state index is 14.1. The Balaban J connectivity index is 1.61. The smallest absolute Gasteiger partial charge is 0.124 e. The first kappa shape index (κ1) is 20.8. The van der Waals surface area contributed by atoms with Crippen LogP contribution in [0.1, 0.15) is 40.5 Å². The van der Waals surface area contributed by atoms with Gasteiger partial charge in [0.2, 0.25) is 0 Å². The van der Waals surface area contributed by atoms with E-state index in [0.717, 1.165) is 67.1 Å². The lowest BCUT2D eigenvalue weighted by Gasteiger charge is -2.36. The number of rotatable bonds is 4. The van der Waals surface area contributed by atoms with E-state index in [4.69, 9.17) is 4.74 Å². The van der Waals surface area contributed by atoms with Gasteiger partial charge >= 0.3 is 0 Å². The molecule has 2 N–H and O–H groups in total. The summed E-state index contributed by atoms with van der Waals surface area (Å²) in [5.74, 6) is 1.08. The Morgan fingerprint density at radius 3 is 2.59 bits per heavy atom. The average molecular weight is 433 g/mol. The van der Waals surface area contributed by atoms with Gasteiger partial charge in [0.1, 0.15) is 17.3 Å². The van der Waals surface area contributed by atoms with Crippen molar-refractivity contribution in [2.24, 2.45) is 0 Å². The topological polar surface area (TPSA) is 44.7 Å². The zero-order chi connectivity index (χ0) is 22.1. The third kappa shape index (κ3) is 3.93. The minimum Gasteiger partial charge on any atom is -0.508 e. The van der Waals surface area contributed by atoms with Crippen LogP contribution in [0, 0.1) is 5.82 Å². The van der Waals surface area contributed by atoms with Crippen molar-refractivity contribution in [1.82, 2.24) is 5.32 Å². The number of phenols is 1. The Morgan fingerprint density at radius 2 is 1.81 bits per heavy atom. The van der Waals surface area contributed by atoms with Gasteiger partial charge in [0, 0.05) is 49.4 Å². The number of benzene rings is 3. The van der Waals surface area contributed by atoms with Crippen LogP contribution in [-0.4, -0.2) is 38.4 Å². The largest absolute Gasteiger partial charge is 0.508 e. The summed E-state index contributed by atoms with van der Waals surface area (Å²) in [5, 5.41) is 13.5. The first-order valence-electron chi connectivity index (χ1n) is 11.3. The van der Waals surface area contributed by atoms with Crippen molar-refractivity contribution in [3.8, 4) is 11.5 Å². The number of ether oxygens (including phenoxy) is 1. The number of hydrogen-bond acceptors (Lipinski definition) is 4. The summed E-state index contributed by atoms with van der Waals surface area (Å²) in [6.45, 7) is 3.90. The summed E-state index contributed by atoms with van der Waals surface area (Å²) in [7, 11) is 1.72. The van der Waals surface area contributed by atoms with E-state index >= 15 is 0 Å². The Hall–Kier alpha value is -3.05. The second-order valence-electron chi connectivity index (χ2n) is 8.72. The van der Waals surface area contributed by atoms with Gasteiger partial charge in [-0.3, -0.25) is 0 Å². The van der Waals surface area contributed by atoms with Crippen LogP contribution in [0.2, 0.25) is 0 Å². The molecule has 5 rings (SSSR count). The molecule has 1 aliphatic carbocycles. The highest BCUT2D eigenvalue weighted by Crippen LogP contribution is 2.49. The van der Waals surface area contributed by atoms with E-state index in [0.29, 0.717) is 0 Å². The van der Waals surface area contributed by atoms with E-state index in [2.05, 4.69) is 28.4 Å². The average Bonchev–Trinajstić information content (AvgIpc) is 2.83. The molecule has 1 fully saturated rings. The molecular weight excluding hydrogens is 403 g/mol. The molecule has 0 amide bonds. The van der Waals surface area contributed by atoms with Crippen molar-refractivity contribution in [2.75, 3.05) is 38.2 Å². The molecule has 2 atom stereocenters. The van der Waals surface area contributed by atoms with E-state index in [-0.39, 0.29) is 23.4 Å². The molecule has 2 aliphatic rings. The van der Waals surface area contributed by atoms with Gasteiger partial charge in [0.05, 0.1) is 7.11 Å². The zero-order valence-electron chi connectivity index (χ0n) is 18.4. The quantitative estimate of drug-likeness (QED) is 0.621. The number of aromatic hydroxyl groups is 1. The van der Waals surface area contributed by atoms with Gasteiger partial charge in [0.25, 0.3) is 0 Å². The van der Waals surface area contributed by atoms with Crippen LogP contribution in [-0.2, 0) is 6.42 Å². The summed E-state index contributed by atoms with van der Waals surface area (Å²) in [5.41, 5.74) is 5.60. The molecule has 0 radical (unpaired) electrons. The number of halogens is 1. The van der Waals surface area contributed by atoms with Crippen LogP contribution in [0.4, 0.5) is 10.1 Å². The molecule has 1 aliphatic heterocycles. The lowest BCUT2D eigenvalue weighted by Crippen LogP contribution is -2.43. The van der Waals surface area contributed by atoms with Crippen LogP contribution in [0.25, 0.3) is 0 Å². The normalized spacial score (nSPS) is 20.6. The first-order valence-corrected chi connectivity index (χ1v) is 11.3. The number of aryl methyl sites for hydroxylation is 1. The minimum atomic E-state index is -0.209. The molecule has 3 aromatic rings. The number of nitrogens with zero attached hydrogens (tertiary/aromatic N) is 1. The molecule has 166 valence electrons. The van der Waals surface area contributed by atoms with Gasteiger partial charge in [0.15, 0.2) is 0 Å². The molecule has 0 saturated carbocycles. The molecule has 3 aromatic carbocycles. The van der Waals surface area contributed by atoms with Crippen LogP contribution in [0.5, 0.6) is 11.5 Å². The first-order chi connectivity index (χ1) is 15.6. The maximum Gasteiger partial charge on any atom is 0.124 e. The van der Waals surface area contributed by atoms with Gasteiger partial charge in [-0.15, -0.1) is 0 Å². The van der Waals surface area contributed by atoms with Crippen LogP contribution in [0.15, 0.2) is 60.7 Å². The Morgan fingerprint density at radius 1 is 1.00 bits per heavy atom. The fraction of sp³-hybridized carbons (Fsp3) is 0.333. The molecule has 1 saturated heterocycles. The molecular formula is C27H29FN2O2. The van der Waals surface area contributed by atoms with Gasteiger partial charge < -0.3 is 20.1 Å². The summed E-state index contributed by atoms with van der Waals surface area (Å²) in [6, 6.07) is 19.1. The van der Waals surface area contributed by atoms with Crippen molar-refractivity contribution in [3.63, 3.8) is 0 Å². The number of fused-ring (bicyclic) bond motifs is 1. The number of phenolic OH excluding ortho intramolecular Hbond substituents is 1. The number of piperazine rings is 1. The summed E-state index contributed by atoms with van der Waals surface area (Å²) >= 11 is 0. The van der Waals surface area contributed by atoms with Crippen LogP contribution < -0.4 is 15.0 Å². The molecule has 4 nitrogen and oxygen atoms in total. The second-order valence-corrected chi connectivity index (χ2v) is 8.72. The van der Waals surface area contributed by atoms with Crippen molar-refractivity contribution in [1.29, 1.82) is 0 Å². The molecule has 32 heavy (non-hydrogen) atoms. The standard InChI is InChI=1S/C27H29FN2O2/c1-32-26-17-21(30-13-11-29-12-14-30)6-9-25(26)27-23(18-3-2-4-20(28)15-18)8-5-19-16-22(31)7-10-24(19)27/h2-4,6-7,9-10,15-17,23,27,29,31H,5,8,11-14H2,1H3/t23-,27+/m1/s1. The lowest BCUT2D eigenvalue weighted by molar-refractivity contribution is 0.400. The van der Waals surface area contributed by atoms with Gasteiger partial charge in [-0.25, -0.2) is 4.39 Å². The molecule has 0 spiro atoms. The number of nitrogens with one attached hydrogen (secondary N) is 1. The van der Waals surface area contributed by atoms with E-state index in [1.807, 2.05) is 18.2 Å². The van der Waals surface area contributed by atoms with Crippen molar-refractivity contribution >= 4 is 5.69 Å². The van der Waals surface area contributed by atoms with E-state index in [9.17, 15) is 9.50 Å². The predicted octanol–water partition coefficient (Wildman–Crippen LogP) is 4.81. The third-order valence-electron chi connectivity index (χ3n) is 6.90. The fourth-order valence-corrected chi connectivity index (χ4v) is 5.36. The van der Waals surface area contributed by atoms with Crippen molar-refractivity contribution in [3.05, 3.63) is 88.7 Å². The van der Waals surface area contributed by atoms with E-state index < -0.39 is 0 Å². The lowest BCUT2D eigenvalue weighted by atomic mass is 9.69. The fourth-order valence-electron chi connectivity index (χ4n) is 5.36. The predicted molar refractivity (Wildman–Crippen MR) is 125 cm³/mol. The summed E-state index contributed by atoms with van der Waals surface area (Å²) in [4.78, 5) is 2.37. The highest BCUT2D eigenvalue weighted by Gasteiger charge is 2.34. The third-order valence-corrected chi connectivity index (χ3v) is 6.90. The number of methoxy groups -OCH3 is 1. The van der Waals surface area contributed by atoms with Gasteiger partial charge in [-0.1, -0.05) is 24.3 Å². The van der Waals surface area contributed by atoms with Crippen LogP contribution in [0.3, 0.4) is 0 Å². The van der Waals surface area contributed by atoms with Crippen LogP contribution >= 0.6 is 0 Å². The number of hydrogen-bond donors (Lipinski definition) is 2. The van der Waals surface area contributed by atoms with Gasteiger partial charge in [-0.2, -0.15) is 0 Å². The highest BCUT2D eigenvalue weighted by atomic mass is 19.1. The Kier molecular flexibility index (Phi) is 5.75. The Labute approximate surface area is 188 Å². The zero-order valence-corrected chi connectivity index (χ0v) is 18.4. The monoisotopic (exact) mass is 432 g/mol. The molecule has 1 heterocycles. The number of anilines is 1. The summed E-state index contributed by atoms with van der Waals surface area (Å²) in [6.07, 6.45) is 1.73. The van der Waals surface area contributed by atoms with E-state index in [1.165, 1.54) is 11.6 Å². The summed E-state index contributed by atoms with van der Waals surface area (Å²) < 4.78 is 20.0. The van der Waals surface area contributed by atoms with E-state index in [1.54, 1.807) is 25.3 Å².